The molecule has 1 N–H and O–H groups in total. The molecule has 1 heterocycles. The lowest BCUT2D eigenvalue weighted by Gasteiger charge is -2.08. The Morgan fingerprint density at radius 1 is 1.40 bits per heavy atom. The van der Waals surface area contributed by atoms with Crippen LogP contribution in [0.15, 0.2) is 30.5 Å². The SMILES string of the molecule is Cc1cnc(NC(=O)C2CC2)nc1-c1cccc(F)c1. The highest BCUT2D eigenvalue weighted by Gasteiger charge is 2.30. The molecule has 0 saturated heterocycles. The van der Waals surface area contributed by atoms with Crippen molar-refractivity contribution in [1.29, 1.82) is 0 Å². The Hall–Kier alpha value is -2.30. The third-order valence-electron chi connectivity index (χ3n) is 3.25. The molecule has 0 atom stereocenters. The molecular weight excluding hydrogens is 257 g/mol. The highest BCUT2D eigenvalue weighted by molar-refractivity contribution is 5.92. The van der Waals surface area contributed by atoms with E-state index in [1.165, 1.54) is 12.1 Å². The molecule has 3 rings (SSSR count). The van der Waals surface area contributed by atoms with Gasteiger partial charge in [0.2, 0.25) is 11.9 Å². The first-order valence-electron chi connectivity index (χ1n) is 6.54. The van der Waals surface area contributed by atoms with Crippen LogP contribution in [0.3, 0.4) is 0 Å². The molecule has 5 heteroatoms. The first-order chi connectivity index (χ1) is 9.63. The number of hydrogen-bond donors (Lipinski definition) is 1. The van der Waals surface area contributed by atoms with Gasteiger partial charge in [-0.1, -0.05) is 12.1 Å². The Balaban J connectivity index is 1.91. The highest BCUT2D eigenvalue weighted by Crippen LogP contribution is 2.30. The normalized spacial score (nSPS) is 14.1. The van der Waals surface area contributed by atoms with E-state index in [0.717, 1.165) is 18.4 Å². The highest BCUT2D eigenvalue weighted by atomic mass is 19.1. The second-order valence-electron chi connectivity index (χ2n) is 5.00. The maximum Gasteiger partial charge on any atom is 0.229 e. The zero-order valence-electron chi connectivity index (χ0n) is 11.1. The van der Waals surface area contributed by atoms with E-state index in [2.05, 4.69) is 15.3 Å². The number of nitrogens with one attached hydrogen (secondary N) is 1. The van der Waals surface area contributed by atoms with E-state index in [0.29, 0.717) is 11.3 Å². The monoisotopic (exact) mass is 271 g/mol. The van der Waals surface area contributed by atoms with Gasteiger partial charge in [0.15, 0.2) is 0 Å². The molecule has 0 bridgehead atoms. The number of carbonyl (C=O) groups excluding carboxylic acids is 1. The molecule has 2 aromatic rings. The first kappa shape index (κ1) is 12.7. The molecule has 1 amide bonds. The molecule has 0 spiro atoms. The molecule has 20 heavy (non-hydrogen) atoms. The molecule has 1 aromatic carbocycles. The summed E-state index contributed by atoms with van der Waals surface area (Å²) >= 11 is 0. The number of rotatable bonds is 3. The predicted molar refractivity (Wildman–Crippen MR) is 73.5 cm³/mol. The summed E-state index contributed by atoms with van der Waals surface area (Å²) in [7, 11) is 0. The van der Waals surface area contributed by atoms with Gasteiger partial charge >= 0.3 is 0 Å². The van der Waals surface area contributed by atoms with Crippen LogP contribution in [0, 0.1) is 18.7 Å². The summed E-state index contributed by atoms with van der Waals surface area (Å²) in [5.41, 5.74) is 2.14. The van der Waals surface area contributed by atoms with Crippen LogP contribution in [-0.4, -0.2) is 15.9 Å². The van der Waals surface area contributed by atoms with E-state index in [4.69, 9.17) is 0 Å². The van der Waals surface area contributed by atoms with Crippen LogP contribution < -0.4 is 5.32 Å². The van der Waals surface area contributed by atoms with Crippen molar-refractivity contribution in [2.24, 2.45) is 5.92 Å². The van der Waals surface area contributed by atoms with Gasteiger partial charge < -0.3 is 0 Å². The van der Waals surface area contributed by atoms with Crippen LogP contribution in [0.4, 0.5) is 10.3 Å². The minimum atomic E-state index is -0.316. The topological polar surface area (TPSA) is 54.9 Å². The number of benzene rings is 1. The molecule has 1 fully saturated rings. The quantitative estimate of drug-likeness (QED) is 0.933. The van der Waals surface area contributed by atoms with E-state index in [1.54, 1.807) is 18.3 Å². The molecule has 1 saturated carbocycles. The maximum absolute atomic E-state index is 13.3. The van der Waals surface area contributed by atoms with Gasteiger partial charge in [-0.3, -0.25) is 10.1 Å². The Morgan fingerprint density at radius 3 is 2.90 bits per heavy atom. The average Bonchev–Trinajstić information content (AvgIpc) is 3.25. The van der Waals surface area contributed by atoms with Crippen LogP contribution in [-0.2, 0) is 4.79 Å². The molecule has 1 aliphatic carbocycles. The fraction of sp³-hybridized carbons (Fsp3) is 0.267. The van der Waals surface area contributed by atoms with Gasteiger partial charge in [-0.05, 0) is 37.5 Å². The molecule has 1 aliphatic rings. The second-order valence-corrected chi connectivity index (χ2v) is 5.00. The summed E-state index contributed by atoms with van der Waals surface area (Å²) in [6.45, 7) is 1.85. The van der Waals surface area contributed by atoms with Crippen molar-refractivity contribution >= 4 is 11.9 Å². The third-order valence-corrected chi connectivity index (χ3v) is 3.25. The lowest BCUT2D eigenvalue weighted by Crippen LogP contribution is -2.15. The Kier molecular flexibility index (Phi) is 3.18. The zero-order chi connectivity index (χ0) is 14.1. The van der Waals surface area contributed by atoms with Crippen LogP contribution >= 0.6 is 0 Å². The Bertz CT molecular complexity index is 668. The molecule has 1 aromatic heterocycles. The van der Waals surface area contributed by atoms with Crippen LogP contribution in [0.5, 0.6) is 0 Å². The number of carbonyl (C=O) groups is 1. The lowest BCUT2D eigenvalue weighted by molar-refractivity contribution is -0.117. The van der Waals surface area contributed by atoms with E-state index < -0.39 is 0 Å². The summed E-state index contributed by atoms with van der Waals surface area (Å²) in [6.07, 6.45) is 3.48. The van der Waals surface area contributed by atoms with E-state index in [9.17, 15) is 9.18 Å². The summed E-state index contributed by atoms with van der Waals surface area (Å²) in [6, 6.07) is 6.22. The predicted octanol–water partition coefficient (Wildman–Crippen LogP) is 2.94. The van der Waals surface area contributed by atoms with Crippen LogP contribution in [0.2, 0.25) is 0 Å². The molecule has 4 nitrogen and oxygen atoms in total. The van der Waals surface area contributed by atoms with Crippen molar-refractivity contribution in [3.05, 3.63) is 41.8 Å². The second kappa shape index (κ2) is 5.00. The number of aryl methyl sites for hydroxylation is 1. The number of nitrogens with zero attached hydrogens (tertiary/aromatic N) is 2. The van der Waals surface area contributed by atoms with E-state index >= 15 is 0 Å². The molecule has 0 aliphatic heterocycles. The van der Waals surface area contributed by atoms with Gasteiger partial charge in [0.25, 0.3) is 0 Å². The number of halogens is 1. The van der Waals surface area contributed by atoms with Crippen molar-refractivity contribution in [2.45, 2.75) is 19.8 Å². The van der Waals surface area contributed by atoms with Crippen molar-refractivity contribution in [3.63, 3.8) is 0 Å². The van der Waals surface area contributed by atoms with E-state index in [-0.39, 0.29) is 23.6 Å². The molecule has 0 radical (unpaired) electrons. The summed E-state index contributed by atoms with van der Waals surface area (Å²) in [5, 5.41) is 2.70. The van der Waals surface area contributed by atoms with Gasteiger partial charge in [0.05, 0.1) is 5.69 Å². The largest absolute Gasteiger partial charge is 0.294 e. The molecule has 102 valence electrons. The Morgan fingerprint density at radius 2 is 2.20 bits per heavy atom. The summed E-state index contributed by atoms with van der Waals surface area (Å²) < 4.78 is 13.3. The fourth-order valence-electron chi connectivity index (χ4n) is 1.99. The van der Waals surface area contributed by atoms with Gasteiger partial charge in [0, 0.05) is 17.7 Å². The molecule has 0 unspecified atom stereocenters. The lowest BCUT2D eigenvalue weighted by atomic mass is 10.1. The number of hydrogen-bond acceptors (Lipinski definition) is 3. The van der Waals surface area contributed by atoms with Crippen molar-refractivity contribution in [1.82, 2.24) is 9.97 Å². The average molecular weight is 271 g/mol. The fourth-order valence-corrected chi connectivity index (χ4v) is 1.99. The van der Waals surface area contributed by atoms with Gasteiger partial charge in [-0.2, -0.15) is 0 Å². The number of aromatic nitrogens is 2. The van der Waals surface area contributed by atoms with Gasteiger partial charge in [-0.25, -0.2) is 14.4 Å². The van der Waals surface area contributed by atoms with Gasteiger partial charge in [0.1, 0.15) is 5.82 Å². The summed E-state index contributed by atoms with van der Waals surface area (Å²) in [4.78, 5) is 20.1. The summed E-state index contributed by atoms with van der Waals surface area (Å²) in [5.74, 6) is 0.00686. The minimum Gasteiger partial charge on any atom is -0.294 e. The Labute approximate surface area is 116 Å². The van der Waals surface area contributed by atoms with Crippen LogP contribution in [0.25, 0.3) is 11.3 Å². The zero-order valence-corrected chi connectivity index (χ0v) is 11.1. The standard InChI is InChI=1S/C15H14FN3O/c1-9-8-17-15(19-14(20)10-5-6-10)18-13(9)11-3-2-4-12(16)7-11/h2-4,7-8,10H,5-6H2,1H3,(H,17,18,19,20). The maximum atomic E-state index is 13.3. The van der Waals surface area contributed by atoms with Crippen molar-refractivity contribution in [3.8, 4) is 11.3 Å². The first-order valence-corrected chi connectivity index (χ1v) is 6.54. The van der Waals surface area contributed by atoms with Crippen LogP contribution in [0.1, 0.15) is 18.4 Å². The van der Waals surface area contributed by atoms with Crippen molar-refractivity contribution < 1.29 is 9.18 Å². The van der Waals surface area contributed by atoms with E-state index in [1.807, 2.05) is 6.92 Å². The number of anilines is 1. The van der Waals surface area contributed by atoms with Gasteiger partial charge in [-0.15, -0.1) is 0 Å². The smallest absolute Gasteiger partial charge is 0.229 e. The number of amides is 1. The molecular formula is C15H14FN3O. The third kappa shape index (κ3) is 2.66. The van der Waals surface area contributed by atoms with Crippen molar-refractivity contribution in [2.75, 3.05) is 5.32 Å². The minimum absolute atomic E-state index is 0.0426.